The number of hydrogen-bond acceptors (Lipinski definition) is 4. The van der Waals surface area contributed by atoms with Crippen LogP contribution in [0.2, 0.25) is 0 Å². The van der Waals surface area contributed by atoms with Gasteiger partial charge in [-0.3, -0.25) is 4.79 Å². The quantitative estimate of drug-likeness (QED) is 0.800. The fourth-order valence-electron chi connectivity index (χ4n) is 2.61. The van der Waals surface area contributed by atoms with Crippen molar-refractivity contribution in [1.29, 1.82) is 0 Å². The van der Waals surface area contributed by atoms with Crippen LogP contribution in [0, 0.1) is 5.92 Å². The van der Waals surface area contributed by atoms with E-state index >= 15 is 0 Å². The minimum atomic E-state index is -0.153. The van der Waals surface area contributed by atoms with Gasteiger partial charge >= 0.3 is 0 Å². The zero-order valence-corrected chi connectivity index (χ0v) is 14.9. The van der Waals surface area contributed by atoms with E-state index in [1.807, 2.05) is 37.3 Å². The van der Waals surface area contributed by atoms with Crippen molar-refractivity contribution in [2.45, 2.75) is 13.5 Å². The van der Waals surface area contributed by atoms with Crippen LogP contribution in [0.5, 0.6) is 11.5 Å². The molecule has 0 bridgehead atoms. The highest BCUT2D eigenvalue weighted by molar-refractivity contribution is 5.97. The number of carbonyl (C=O) groups is 1. The van der Waals surface area contributed by atoms with E-state index in [0.29, 0.717) is 30.2 Å². The summed E-state index contributed by atoms with van der Waals surface area (Å²) in [5, 5.41) is 9.40. The first-order chi connectivity index (χ1) is 12.1. The molecule has 5 heteroatoms. The average molecular weight is 343 g/mol. The number of nitrogens with zero attached hydrogens (tertiary/aromatic N) is 1. The third kappa shape index (κ3) is 4.97. The molecule has 0 aliphatic heterocycles. The molecular weight excluding hydrogens is 318 g/mol. The van der Waals surface area contributed by atoms with Gasteiger partial charge in [-0.05, 0) is 29.7 Å². The zero-order chi connectivity index (χ0) is 18.2. The molecular formula is C20H25NO4. The molecule has 0 aromatic heterocycles. The van der Waals surface area contributed by atoms with Crippen LogP contribution in [0.1, 0.15) is 22.8 Å². The van der Waals surface area contributed by atoms with Crippen molar-refractivity contribution in [3.63, 3.8) is 0 Å². The third-order valence-electron chi connectivity index (χ3n) is 3.98. The lowest BCUT2D eigenvalue weighted by Crippen LogP contribution is -2.35. The maximum Gasteiger partial charge on any atom is 0.258 e. The summed E-state index contributed by atoms with van der Waals surface area (Å²) >= 11 is 0. The SMILES string of the molecule is COc1ccc(OC)c(C(=O)N(Cc2ccccc2)C[C@@H](C)CO)c1. The van der Waals surface area contributed by atoms with E-state index in [1.165, 1.54) is 7.11 Å². The maximum absolute atomic E-state index is 13.2. The van der Waals surface area contributed by atoms with Gasteiger partial charge in [0, 0.05) is 19.7 Å². The number of carbonyl (C=O) groups excluding carboxylic acids is 1. The summed E-state index contributed by atoms with van der Waals surface area (Å²) in [6.45, 7) is 2.84. The van der Waals surface area contributed by atoms with E-state index in [2.05, 4.69) is 0 Å². The summed E-state index contributed by atoms with van der Waals surface area (Å²) in [7, 11) is 3.10. The Morgan fingerprint density at radius 1 is 1.12 bits per heavy atom. The Labute approximate surface area is 148 Å². The van der Waals surface area contributed by atoms with E-state index in [9.17, 15) is 9.90 Å². The zero-order valence-electron chi connectivity index (χ0n) is 14.9. The predicted molar refractivity (Wildman–Crippen MR) is 97.0 cm³/mol. The van der Waals surface area contributed by atoms with Gasteiger partial charge in [-0.1, -0.05) is 37.3 Å². The van der Waals surface area contributed by atoms with Gasteiger partial charge < -0.3 is 19.5 Å². The van der Waals surface area contributed by atoms with Crippen molar-refractivity contribution in [1.82, 2.24) is 4.90 Å². The second-order valence-electron chi connectivity index (χ2n) is 6.03. The topological polar surface area (TPSA) is 59.0 Å². The van der Waals surface area contributed by atoms with Gasteiger partial charge in [-0.25, -0.2) is 0 Å². The maximum atomic E-state index is 13.2. The number of amides is 1. The Morgan fingerprint density at radius 3 is 2.44 bits per heavy atom. The standard InChI is InChI=1S/C20H25NO4/c1-15(14-22)12-21(13-16-7-5-4-6-8-16)20(23)18-11-17(24-2)9-10-19(18)25-3/h4-11,15,22H,12-14H2,1-3H3/t15-/m1/s1. The van der Waals surface area contributed by atoms with Crippen LogP contribution >= 0.6 is 0 Å². The summed E-state index contributed by atoms with van der Waals surface area (Å²) in [6, 6.07) is 15.0. The molecule has 0 aliphatic carbocycles. The van der Waals surface area contributed by atoms with Gasteiger partial charge in [0.05, 0.1) is 19.8 Å². The molecule has 134 valence electrons. The number of rotatable bonds is 8. The second kappa shape index (κ2) is 9.08. The Morgan fingerprint density at radius 2 is 1.84 bits per heavy atom. The molecule has 0 spiro atoms. The smallest absolute Gasteiger partial charge is 0.258 e. The van der Waals surface area contributed by atoms with E-state index in [1.54, 1.807) is 30.2 Å². The fraction of sp³-hybridized carbons (Fsp3) is 0.350. The molecule has 0 heterocycles. The van der Waals surface area contributed by atoms with Crippen LogP contribution < -0.4 is 9.47 Å². The largest absolute Gasteiger partial charge is 0.497 e. The van der Waals surface area contributed by atoms with Gasteiger partial charge in [-0.2, -0.15) is 0 Å². The first kappa shape index (κ1) is 18.8. The first-order valence-electron chi connectivity index (χ1n) is 8.25. The van der Waals surface area contributed by atoms with E-state index in [-0.39, 0.29) is 18.4 Å². The molecule has 2 aromatic carbocycles. The molecule has 5 nitrogen and oxygen atoms in total. The van der Waals surface area contributed by atoms with Crippen LogP contribution in [-0.2, 0) is 6.54 Å². The van der Waals surface area contributed by atoms with Gasteiger partial charge in [-0.15, -0.1) is 0 Å². The number of benzene rings is 2. The van der Waals surface area contributed by atoms with Gasteiger partial charge in [0.15, 0.2) is 0 Å². The van der Waals surface area contributed by atoms with Gasteiger partial charge in [0.25, 0.3) is 5.91 Å². The monoisotopic (exact) mass is 343 g/mol. The third-order valence-corrected chi connectivity index (χ3v) is 3.98. The van der Waals surface area contributed by atoms with Gasteiger partial charge in [0.2, 0.25) is 0 Å². The molecule has 0 unspecified atom stereocenters. The van der Waals surface area contributed by atoms with Crippen LogP contribution in [0.15, 0.2) is 48.5 Å². The van der Waals surface area contributed by atoms with Crippen LogP contribution in [-0.4, -0.2) is 43.3 Å². The molecule has 0 saturated carbocycles. The predicted octanol–water partition coefficient (Wildman–Crippen LogP) is 2.97. The highest BCUT2D eigenvalue weighted by Crippen LogP contribution is 2.26. The van der Waals surface area contributed by atoms with Crippen molar-refractivity contribution < 1.29 is 19.4 Å². The summed E-state index contributed by atoms with van der Waals surface area (Å²) in [6.07, 6.45) is 0. The Hall–Kier alpha value is -2.53. The molecule has 0 radical (unpaired) electrons. The molecule has 2 rings (SSSR count). The fourth-order valence-corrected chi connectivity index (χ4v) is 2.61. The van der Waals surface area contributed by atoms with Crippen LogP contribution in [0.4, 0.5) is 0 Å². The Kier molecular flexibility index (Phi) is 6.83. The van der Waals surface area contributed by atoms with Crippen LogP contribution in [0.25, 0.3) is 0 Å². The van der Waals surface area contributed by atoms with Crippen molar-refractivity contribution in [3.05, 3.63) is 59.7 Å². The summed E-state index contributed by atoms with van der Waals surface area (Å²) in [4.78, 5) is 14.9. The summed E-state index contributed by atoms with van der Waals surface area (Å²) in [5.74, 6) is 0.920. The lowest BCUT2D eigenvalue weighted by atomic mass is 10.1. The molecule has 1 amide bonds. The Balaban J connectivity index is 2.34. The highest BCUT2D eigenvalue weighted by Gasteiger charge is 2.22. The minimum Gasteiger partial charge on any atom is -0.497 e. The highest BCUT2D eigenvalue weighted by atomic mass is 16.5. The minimum absolute atomic E-state index is 0.0216. The lowest BCUT2D eigenvalue weighted by molar-refractivity contribution is 0.0691. The second-order valence-corrected chi connectivity index (χ2v) is 6.03. The number of ether oxygens (including phenoxy) is 2. The first-order valence-corrected chi connectivity index (χ1v) is 8.25. The number of hydrogen-bond donors (Lipinski definition) is 1. The van der Waals surface area contributed by atoms with Crippen LogP contribution in [0.3, 0.4) is 0 Å². The molecule has 25 heavy (non-hydrogen) atoms. The number of methoxy groups -OCH3 is 2. The van der Waals surface area contributed by atoms with Crippen molar-refractivity contribution in [2.75, 3.05) is 27.4 Å². The van der Waals surface area contributed by atoms with E-state index < -0.39 is 0 Å². The molecule has 1 atom stereocenters. The molecule has 0 aliphatic rings. The van der Waals surface area contributed by atoms with Crippen molar-refractivity contribution in [2.24, 2.45) is 5.92 Å². The molecule has 1 N–H and O–H groups in total. The summed E-state index contributed by atoms with van der Waals surface area (Å²) < 4.78 is 10.6. The number of aliphatic hydroxyl groups excluding tert-OH is 1. The van der Waals surface area contributed by atoms with Crippen molar-refractivity contribution in [3.8, 4) is 11.5 Å². The van der Waals surface area contributed by atoms with Gasteiger partial charge in [0.1, 0.15) is 11.5 Å². The Bertz CT molecular complexity index is 687. The van der Waals surface area contributed by atoms with E-state index in [4.69, 9.17) is 9.47 Å². The van der Waals surface area contributed by atoms with Crippen molar-refractivity contribution >= 4 is 5.91 Å². The molecule has 0 fully saturated rings. The lowest BCUT2D eigenvalue weighted by Gasteiger charge is -2.26. The normalized spacial score (nSPS) is 11.7. The molecule has 2 aromatic rings. The average Bonchev–Trinajstić information content (AvgIpc) is 2.66. The molecule has 0 saturated heterocycles. The summed E-state index contributed by atoms with van der Waals surface area (Å²) in [5.41, 5.74) is 1.48. The number of aliphatic hydroxyl groups is 1. The van der Waals surface area contributed by atoms with E-state index in [0.717, 1.165) is 5.56 Å².